The molecule has 0 spiro atoms. The third kappa shape index (κ3) is 5.76. The molecule has 3 aromatic carbocycles. The molecule has 1 aliphatic heterocycles. The van der Waals surface area contributed by atoms with Crippen LogP contribution in [0.2, 0.25) is 0 Å². The van der Waals surface area contributed by atoms with Crippen molar-refractivity contribution in [2.75, 3.05) is 20.5 Å². The number of rotatable bonds is 7. The van der Waals surface area contributed by atoms with Crippen molar-refractivity contribution in [2.45, 2.75) is 63.5 Å². The van der Waals surface area contributed by atoms with E-state index in [1.807, 2.05) is 20.8 Å². The third-order valence-electron chi connectivity index (χ3n) is 7.38. The van der Waals surface area contributed by atoms with Crippen molar-refractivity contribution >= 4 is 41.3 Å². The van der Waals surface area contributed by atoms with E-state index in [9.17, 15) is 30.4 Å². The van der Waals surface area contributed by atoms with Gasteiger partial charge in [-0.25, -0.2) is 25.3 Å². The van der Waals surface area contributed by atoms with Crippen molar-refractivity contribution in [3.63, 3.8) is 0 Å². The van der Waals surface area contributed by atoms with Gasteiger partial charge in [-0.15, -0.1) is 0 Å². The number of sulfonamides is 2. The molecule has 0 saturated carbocycles. The van der Waals surface area contributed by atoms with Gasteiger partial charge in [-0.2, -0.15) is 0 Å². The van der Waals surface area contributed by atoms with Crippen LogP contribution in [0.3, 0.4) is 0 Å². The number of benzene rings is 3. The van der Waals surface area contributed by atoms with Gasteiger partial charge in [-0.05, 0) is 111 Å². The van der Waals surface area contributed by atoms with Gasteiger partial charge in [-0.3, -0.25) is 9.03 Å². The molecule has 0 aromatic heterocycles. The standard InChI is InChI=1S/C28H34N2O7S3/c1-17-11-21(5)27(13-19(17)3)39(34,35)29-23-7-9-24(10-8-23)30(25-15-38(32,33)16-26(25)31)40(36,37)28-14-20(4)18(2)12-22(28)6/h7-14,25-26,29,31H,15-16H2,1-6H3/t25-,26+/m0/s1. The smallest absolute Gasteiger partial charge is 0.264 e. The molecule has 0 unspecified atom stereocenters. The Balaban J connectivity index is 1.77. The number of nitrogens with zero attached hydrogens (tertiary/aromatic N) is 1. The number of hydrogen-bond donors (Lipinski definition) is 2. The van der Waals surface area contributed by atoms with Crippen molar-refractivity contribution < 1.29 is 30.4 Å². The van der Waals surface area contributed by atoms with Crippen LogP contribution in [0.5, 0.6) is 0 Å². The third-order valence-corrected chi connectivity index (χ3v) is 12.6. The van der Waals surface area contributed by atoms with E-state index in [1.54, 1.807) is 39.0 Å². The van der Waals surface area contributed by atoms with Crippen LogP contribution in [-0.2, 0) is 29.9 Å². The Kier molecular flexibility index (Phi) is 7.87. The van der Waals surface area contributed by atoms with E-state index in [-0.39, 0.29) is 21.2 Å². The molecular formula is C28H34N2O7S3. The molecule has 4 rings (SSSR count). The Morgan fingerprint density at radius 3 is 1.70 bits per heavy atom. The summed E-state index contributed by atoms with van der Waals surface area (Å²) in [5, 5.41) is 10.7. The lowest BCUT2D eigenvalue weighted by molar-refractivity contribution is 0.184. The molecule has 1 fully saturated rings. The van der Waals surface area contributed by atoms with Crippen molar-refractivity contribution in [2.24, 2.45) is 0 Å². The first-order valence-corrected chi connectivity index (χ1v) is 17.4. The molecule has 40 heavy (non-hydrogen) atoms. The van der Waals surface area contributed by atoms with Crippen LogP contribution < -0.4 is 9.03 Å². The lowest BCUT2D eigenvalue weighted by Gasteiger charge is -2.32. The molecule has 0 amide bonds. The first kappa shape index (κ1) is 30.0. The van der Waals surface area contributed by atoms with Gasteiger partial charge in [0.05, 0.1) is 39.1 Å². The summed E-state index contributed by atoms with van der Waals surface area (Å²) in [7, 11) is -12.0. The molecule has 0 aliphatic carbocycles. The van der Waals surface area contributed by atoms with Crippen LogP contribution >= 0.6 is 0 Å². The maximum Gasteiger partial charge on any atom is 0.264 e. The number of aliphatic hydroxyl groups excluding tert-OH is 1. The van der Waals surface area contributed by atoms with E-state index < -0.39 is 53.5 Å². The fraction of sp³-hybridized carbons (Fsp3) is 0.357. The van der Waals surface area contributed by atoms with E-state index in [0.717, 1.165) is 26.6 Å². The highest BCUT2D eigenvalue weighted by Gasteiger charge is 2.45. The molecule has 3 aromatic rings. The van der Waals surface area contributed by atoms with Gasteiger partial charge < -0.3 is 5.11 Å². The number of hydrogen-bond acceptors (Lipinski definition) is 7. The predicted octanol–water partition coefficient (Wildman–Crippen LogP) is 3.69. The molecule has 12 heteroatoms. The van der Waals surface area contributed by atoms with Gasteiger partial charge >= 0.3 is 0 Å². The maximum absolute atomic E-state index is 14.1. The average molecular weight is 607 g/mol. The normalized spacial score (nSPS) is 19.0. The van der Waals surface area contributed by atoms with Crippen molar-refractivity contribution in [3.8, 4) is 0 Å². The Morgan fingerprint density at radius 1 is 0.725 bits per heavy atom. The second-order valence-electron chi connectivity index (χ2n) is 10.6. The summed E-state index contributed by atoms with van der Waals surface area (Å²) in [4.78, 5) is 0.135. The molecule has 9 nitrogen and oxygen atoms in total. The number of aliphatic hydroxyl groups is 1. The number of nitrogens with one attached hydrogen (secondary N) is 1. The molecule has 1 heterocycles. The van der Waals surface area contributed by atoms with Gasteiger partial charge in [0.1, 0.15) is 0 Å². The highest BCUT2D eigenvalue weighted by atomic mass is 32.2. The van der Waals surface area contributed by atoms with Gasteiger partial charge in [0.2, 0.25) is 0 Å². The van der Waals surface area contributed by atoms with Crippen LogP contribution in [0.4, 0.5) is 11.4 Å². The first-order valence-electron chi connectivity index (χ1n) is 12.6. The summed E-state index contributed by atoms with van der Waals surface area (Å²) in [6, 6.07) is 11.1. The summed E-state index contributed by atoms with van der Waals surface area (Å²) in [6.45, 7) is 10.7. The minimum atomic E-state index is -4.33. The summed E-state index contributed by atoms with van der Waals surface area (Å²) in [5.41, 5.74) is 4.81. The van der Waals surface area contributed by atoms with E-state index in [0.29, 0.717) is 11.1 Å². The largest absolute Gasteiger partial charge is 0.390 e. The van der Waals surface area contributed by atoms with Crippen molar-refractivity contribution in [1.29, 1.82) is 0 Å². The molecular weight excluding hydrogens is 573 g/mol. The summed E-state index contributed by atoms with van der Waals surface area (Å²) < 4.78 is 82.7. The lowest BCUT2D eigenvalue weighted by Crippen LogP contribution is -2.47. The van der Waals surface area contributed by atoms with Crippen LogP contribution in [0.25, 0.3) is 0 Å². The minimum Gasteiger partial charge on any atom is -0.390 e. The Bertz CT molecular complexity index is 1800. The van der Waals surface area contributed by atoms with Crippen LogP contribution in [-0.4, -0.2) is 54.0 Å². The molecule has 2 atom stereocenters. The van der Waals surface area contributed by atoms with E-state index >= 15 is 0 Å². The lowest BCUT2D eigenvalue weighted by atomic mass is 10.1. The van der Waals surface area contributed by atoms with Crippen molar-refractivity contribution in [3.05, 3.63) is 81.9 Å². The number of anilines is 2. The minimum absolute atomic E-state index is 0.00194. The molecule has 1 saturated heterocycles. The predicted molar refractivity (Wildman–Crippen MR) is 157 cm³/mol. The zero-order valence-corrected chi connectivity index (χ0v) is 25.7. The Morgan fingerprint density at radius 2 is 1.20 bits per heavy atom. The van der Waals surface area contributed by atoms with Crippen LogP contribution in [0.15, 0.2) is 58.3 Å². The fourth-order valence-electron chi connectivity index (χ4n) is 4.97. The van der Waals surface area contributed by atoms with Crippen LogP contribution in [0.1, 0.15) is 33.4 Å². The topological polar surface area (TPSA) is 138 Å². The SMILES string of the molecule is Cc1cc(C)c(S(=O)(=O)Nc2ccc(N([C@H]3CS(=O)(=O)C[C@H]3O)S(=O)(=O)c3cc(C)c(C)cc3C)cc2)cc1C. The van der Waals surface area contributed by atoms with Gasteiger partial charge in [-0.1, -0.05) is 12.1 Å². The number of aryl methyl sites for hydroxylation is 6. The van der Waals surface area contributed by atoms with E-state index in [1.165, 1.54) is 30.3 Å². The summed E-state index contributed by atoms with van der Waals surface area (Å²) in [6.07, 6.45) is -1.43. The molecule has 0 radical (unpaired) electrons. The number of sulfone groups is 1. The molecule has 0 bridgehead atoms. The second kappa shape index (κ2) is 10.5. The quantitative estimate of drug-likeness (QED) is 0.418. The van der Waals surface area contributed by atoms with E-state index in [4.69, 9.17) is 0 Å². The molecule has 2 N–H and O–H groups in total. The van der Waals surface area contributed by atoms with Gasteiger partial charge in [0, 0.05) is 5.69 Å². The average Bonchev–Trinajstić information content (AvgIpc) is 3.10. The highest BCUT2D eigenvalue weighted by Crippen LogP contribution is 2.34. The fourth-order valence-corrected chi connectivity index (χ4v) is 10.2. The monoisotopic (exact) mass is 606 g/mol. The van der Waals surface area contributed by atoms with Gasteiger partial charge in [0.25, 0.3) is 20.0 Å². The molecule has 216 valence electrons. The highest BCUT2D eigenvalue weighted by molar-refractivity contribution is 7.93. The van der Waals surface area contributed by atoms with E-state index in [2.05, 4.69) is 4.72 Å². The van der Waals surface area contributed by atoms with Crippen molar-refractivity contribution in [1.82, 2.24) is 0 Å². The summed E-state index contributed by atoms with van der Waals surface area (Å²) in [5.74, 6) is -1.10. The first-order chi connectivity index (χ1) is 18.4. The Hall–Kier alpha value is -2.93. The zero-order valence-electron chi connectivity index (χ0n) is 23.3. The van der Waals surface area contributed by atoms with Crippen LogP contribution in [0, 0.1) is 41.5 Å². The van der Waals surface area contributed by atoms with Gasteiger partial charge in [0.15, 0.2) is 9.84 Å². The maximum atomic E-state index is 14.1. The summed E-state index contributed by atoms with van der Waals surface area (Å²) >= 11 is 0. The second-order valence-corrected chi connectivity index (χ2v) is 16.2. The molecule has 1 aliphatic rings. The Labute approximate surface area is 236 Å². The zero-order chi connectivity index (χ0) is 29.8.